The molecule has 0 spiro atoms. The number of anilines is 1. The van der Waals surface area contributed by atoms with Gasteiger partial charge in [0.25, 0.3) is 10.0 Å². The van der Waals surface area contributed by atoms with Crippen LogP contribution >= 0.6 is 0 Å². The number of hydrogen-bond donors (Lipinski definition) is 1. The number of para-hydroxylation sites is 2. The molecule has 1 heterocycles. The number of sulfonamides is 1. The monoisotopic (exact) mass is 302 g/mol. The van der Waals surface area contributed by atoms with Gasteiger partial charge in [0.2, 0.25) is 0 Å². The SMILES string of the molecule is O=S(=O)(Nc1ccccc1F)c1cccc2cccnc12. The summed E-state index contributed by atoms with van der Waals surface area (Å²) in [7, 11) is -3.91. The highest BCUT2D eigenvalue weighted by Gasteiger charge is 2.19. The molecule has 0 amide bonds. The van der Waals surface area contributed by atoms with E-state index in [4.69, 9.17) is 0 Å². The lowest BCUT2D eigenvalue weighted by Crippen LogP contribution is -2.14. The lowest BCUT2D eigenvalue weighted by molar-refractivity contribution is 0.599. The maximum absolute atomic E-state index is 13.6. The quantitative estimate of drug-likeness (QED) is 0.808. The van der Waals surface area contributed by atoms with Gasteiger partial charge in [0.15, 0.2) is 0 Å². The predicted octanol–water partition coefficient (Wildman–Crippen LogP) is 3.17. The van der Waals surface area contributed by atoms with Crippen LogP contribution in [0.15, 0.2) is 65.7 Å². The molecule has 0 aliphatic carbocycles. The molecule has 0 aliphatic heterocycles. The Morgan fingerprint density at radius 3 is 2.52 bits per heavy atom. The van der Waals surface area contributed by atoms with Crippen LogP contribution in [-0.4, -0.2) is 13.4 Å². The second-order valence-corrected chi connectivity index (χ2v) is 6.07. The second-order valence-electron chi connectivity index (χ2n) is 4.42. The minimum atomic E-state index is -3.91. The first-order valence-electron chi connectivity index (χ1n) is 6.19. The van der Waals surface area contributed by atoms with E-state index in [0.29, 0.717) is 10.9 Å². The number of fused-ring (bicyclic) bond motifs is 1. The van der Waals surface area contributed by atoms with Crippen LogP contribution in [0.3, 0.4) is 0 Å². The Bertz CT molecular complexity index is 905. The van der Waals surface area contributed by atoms with Crippen molar-refractivity contribution >= 4 is 26.6 Å². The smallest absolute Gasteiger partial charge is 0.264 e. The van der Waals surface area contributed by atoms with E-state index in [-0.39, 0.29) is 10.6 Å². The Kier molecular flexibility index (Phi) is 3.31. The van der Waals surface area contributed by atoms with Gasteiger partial charge in [-0.05, 0) is 24.3 Å². The fourth-order valence-corrected chi connectivity index (χ4v) is 3.28. The molecule has 6 heteroatoms. The summed E-state index contributed by atoms with van der Waals surface area (Å²) in [6.45, 7) is 0. The van der Waals surface area contributed by atoms with E-state index < -0.39 is 15.8 Å². The van der Waals surface area contributed by atoms with Crippen molar-refractivity contribution in [1.29, 1.82) is 0 Å². The summed E-state index contributed by atoms with van der Waals surface area (Å²) in [6, 6.07) is 13.9. The number of hydrogen-bond acceptors (Lipinski definition) is 3. The highest BCUT2D eigenvalue weighted by Crippen LogP contribution is 2.24. The minimum absolute atomic E-state index is 0.0175. The summed E-state index contributed by atoms with van der Waals surface area (Å²) < 4.78 is 40.8. The summed E-state index contributed by atoms with van der Waals surface area (Å²) in [5.74, 6) is -0.630. The van der Waals surface area contributed by atoms with Crippen LogP contribution < -0.4 is 4.72 Å². The van der Waals surface area contributed by atoms with Crippen molar-refractivity contribution in [2.75, 3.05) is 4.72 Å². The molecule has 1 N–H and O–H groups in total. The van der Waals surface area contributed by atoms with Gasteiger partial charge in [0.05, 0.1) is 11.2 Å². The number of halogens is 1. The molecule has 4 nitrogen and oxygen atoms in total. The summed E-state index contributed by atoms with van der Waals surface area (Å²) in [5.41, 5.74) is 0.259. The van der Waals surface area contributed by atoms with Gasteiger partial charge >= 0.3 is 0 Å². The number of aromatic nitrogens is 1. The molecular weight excluding hydrogens is 291 g/mol. The van der Waals surface area contributed by atoms with Gasteiger partial charge in [-0.1, -0.05) is 30.3 Å². The van der Waals surface area contributed by atoms with E-state index in [0.717, 1.165) is 0 Å². The normalized spacial score (nSPS) is 11.5. The lowest BCUT2D eigenvalue weighted by Gasteiger charge is -2.10. The van der Waals surface area contributed by atoms with Crippen LogP contribution in [0.25, 0.3) is 10.9 Å². The van der Waals surface area contributed by atoms with E-state index in [9.17, 15) is 12.8 Å². The van der Waals surface area contributed by atoms with E-state index >= 15 is 0 Å². The van der Waals surface area contributed by atoms with Crippen molar-refractivity contribution in [3.8, 4) is 0 Å². The van der Waals surface area contributed by atoms with E-state index in [1.807, 2.05) is 0 Å². The van der Waals surface area contributed by atoms with Crippen LogP contribution in [0.2, 0.25) is 0 Å². The van der Waals surface area contributed by atoms with Gasteiger partial charge in [0, 0.05) is 11.6 Å². The molecule has 106 valence electrons. The topological polar surface area (TPSA) is 59.1 Å². The number of pyridine rings is 1. The van der Waals surface area contributed by atoms with Crippen LogP contribution in [0, 0.1) is 5.82 Å². The van der Waals surface area contributed by atoms with Crippen molar-refractivity contribution in [3.63, 3.8) is 0 Å². The largest absolute Gasteiger partial charge is 0.277 e. The first kappa shape index (κ1) is 13.5. The highest BCUT2D eigenvalue weighted by atomic mass is 32.2. The summed E-state index contributed by atoms with van der Waals surface area (Å²) >= 11 is 0. The van der Waals surface area contributed by atoms with Crippen LogP contribution in [0.1, 0.15) is 0 Å². The Morgan fingerprint density at radius 1 is 0.952 bits per heavy atom. The average molecular weight is 302 g/mol. The zero-order chi connectivity index (χ0) is 14.9. The molecule has 3 aromatic rings. The molecule has 21 heavy (non-hydrogen) atoms. The molecule has 0 atom stereocenters. The Hall–Kier alpha value is -2.47. The lowest BCUT2D eigenvalue weighted by atomic mass is 10.2. The van der Waals surface area contributed by atoms with Crippen molar-refractivity contribution in [2.45, 2.75) is 4.90 Å². The first-order valence-corrected chi connectivity index (χ1v) is 7.67. The molecule has 0 bridgehead atoms. The molecule has 2 aromatic carbocycles. The Balaban J connectivity index is 2.11. The Labute approximate surface area is 121 Å². The van der Waals surface area contributed by atoms with Crippen molar-refractivity contribution in [2.24, 2.45) is 0 Å². The molecule has 0 saturated carbocycles. The standard InChI is InChI=1S/C15H11FN2O2S/c16-12-7-1-2-8-13(12)18-21(19,20)14-9-3-5-11-6-4-10-17-15(11)14/h1-10,18H. The van der Waals surface area contributed by atoms with Gasteiger partial charge in [-0.3, -0.25) is 9.71 Å². The highest BCUT2D eigenvalue weighted by molar-refractivity contribution is 7.93. The van der Waals surface area contributed by atoms with Crippen LogP contribution in [0.5, 0.6) is 0 Å². The molecule has 0 radical (unpaired) electrons. The van der Waals surface area contributed by atoms with Crippen molar-refractivity contribution in [3.05, 3.63) is 66.6 Å². The molecular formula is C15H11FN2O2S. The third-order valence-corrected chi connectivity index (χ3v) is 4.40. The number of nitrogens with one attached hydrogen (secondary N) is 1. The van der Waals surface area contributed by atoms with Crippen LogP contribution in [-0.2, 0) is 10.0 Å². The van der Waals surface area contributed by atoms with Crippen molar-refractivity contribution < 1.29 is 12.8 Å². The zero-order valence-electron chi connectivity index (χ0n) is 10.8. The second kappa shape index (κ2) is 5.14. The summed E-state index contributed by atoms with van der Waals surface area (Å²) in [6.07, 6.45) is 1.52. The maximum Gasteiger partial charge on any atom is 0.264 e. The third kappa shape index (κ3) is 2.57. The number of benzene rings is 2. The number of rotatable bonds is 3. The van der Waals surface area contributed by atoms with Gasteiger partial charge in [-0.25, -0.2) is 12.8 Å². The Morgan fingerprint density at radius 2 is 1.71 bits per heavy atom. The van der Waals surface area contributed by atoms with Gasteiger partial charge in [-0.15, -0.1) is 0 Å². The minimum Gasteiger partial charge on any atom is -0.277 e. The predicted molar refractivity (Wildman–Crippen MR) is 79.0 cm³/mol. The molecule has 0 unspecified atom stereocenters. The zero-order valence-corrected chi connectivity index (χ0v) is 11.6. The number of nitrogens with zero attached hydrogens (tertiary/aromatic N) is 1. The van der Waals surface area contributed by atoms with Crippen LogP contribution in [0.4, 0.5) is 10.1 Å². The average Bonchev–Trinajstić information content (AvgIpc) is 2.49. The fraction of sp³-hybridized carbons (Fsp3) is 0. The van der Waals surface area contributed by atoms with Gasteiger partial charge in [0.1, 0.15) is 10.7 Å². The van der Waals surface area contributed by atoms with E-state index in [1.165, 1.54) is 30.5 Å². The molecule has 0 aliphatic rings. The molecule has 3 rings (SSSR count). The molecule has 0 saturated heterocycles. The summed E-state index contributed by atoms with van der Waals surface area (Å²) in [5, 5.41) is 0.703. The van der Waals surface area contributed by atoms with E-state index in [1.54, 1.807) is 30.3 Å². The van der Waals surface area contributed by atoms with Gasteiger partial charge < -0.3 is 0 Å². The maximum atomic E-state index is 13.6. The summed E-state index contributed by atoms with van der Waals surface area (Å²) in [4.78, 5) is 4.12. The first-order chi connectivity index (χ1) is 10.1. The van der Waals surface area contributed by atoms with E-state index in [2.05, 4.69) is 9.71 Å². The van der Waals surface area contributed by atoms with Crippen molar-refractivity contribution in [1.82, 2.24) is 4.98 Å². The van der Waals surface area contributed by atoms with Gasteiger partial charge in [-0.2, -0.15) is 0 Å². The fourth-order valence-electron chi connectivity index (χ4n) is 2.04. The molecule has 1 aromatic heterocycles. The third-order valence-electron chi connectivity index (χ3n) is 3.00. The molecule has 0 fully saturated rings.